The molecule has 2 unspecified atom stereocenters. The molecule has 9 heteroatoms. The Bertz CT molecular complexity index is 721. The van der Waals surface area contributed by atoms with E-state index >= 15 is 0 Å². The number of amides is 2. The van der Waals surface area contributed by atoms with E-state index in [-0.39, 0.29) is 18.9 Å². The average molecular weight is 386 g/mol. The summed E-state index contributed by atoms with van der Waals surface area (Å²) in [7, 11) is 0.816. The van der Waals surface area contributed by atoms with E-state index < -0.39 is 41.1 Å². The molecule has 0 aromatic heterocycles. The van der Waals surface area contributed by atoms with Crippen LogP contribution < -0.4 is 5.32 Å². The lowest BCUT2D eigenvalue weighted by atomic mass is 9.87. The van der Waals surface area contributed by atoms with Crippen LogP contribution in [-0.2, 0) is 24.7 Å². The zero-order valence-electron chi connectivity index (χ0n) is 15.2. The van der Waals surface area contributed by atoms with E-state index in [9.17, 15) is 27.6 Å². The number of hydrogen-bond acceptors (Lipinski definition) is 4. The number of hydrogen-bond donors (Lipinski definition) is 1. The molecule has 2 rings (SSSR count). The molecule has 0 saturated carbocycles. The van der Waals surface area contributed by atoms with Crippen molar-refractivity contribution < 1.29 is 32.3 Å². The number of β-lactam (4-membered cyclic amide) rings is 1. The molecule has 6 nitrogen and oxygen atoms in total. The zero-order valence-corrected chi connectivity index (χ0v) is 15.2. The molecule has 1 fully saturated rings. The van der Waals surface area contributed by atoms with E-state index in [1.165, 1.54) is 23.1 Å². The Morgan fingerprint density at radius 2 is 1.78 bits per heavy atom. The quantitative estimate of drug-likeness (QED) is 0.599. The number of benzene rings is 1. The van der Waals surface area contributed by atoms with Crippen LogP contribution >= 0.6 is 0 Å². The standard InChI is InChI=1S/C18H21F3N2O4/c1-11(2)14(23-10-9-13(23)24)15(25)22-17(16(26)27-3,18(19,20)21)12-7-5-4-6-8-12/h4-8,11,14H,9-10H2,1-3H3,(H,22,25). The highest BCUT2D eigenvalue weighted by Gasteiger charge is 2.64. The van der Waals surface area contributed by atoms with Crippen molar-refractivity contribution in [3.63, 3.8) is 0 Å². The van der Waals surface area contributed by atoms with Crippen molar-refractivity contribution in [1.29, 1.82) is 0 Å². The van der Waals surface area contributed by atoms with Gasteiger partial charge in [0, 0.05) is 13.0 Å². The molecule has 1 heterocycles. The molecular formula is C18H21F3N2O4. The molecule has 1 aromatic rings. The number of methoxy groups -OCH3 is 1. The minimum atomic E-state index is -5.17. The highest BCUT2D eigenvalue weighted by Crippen LogP contribution is 2.40. The van der Waals surface area contributed by atoms with Crippen LogP contribution in [0.5, 0.6) is 0 Å². The third kappa shape index (κ3) is 3.63. The van der Waals surface area contributed by atoms with Crippen molar-refractivity contribution in [2.24, 2.45) is 5.92 Å². The highest BCUT2D eigenvalue weighted by atomic mass is 19.4. The molecular weight excluding hydrogens is 365 g/mol. The van der Waals surface area contributed by atoms with Crippen LogP contribution in [0.4, 0.5) is 13.2 Å². The molecule has 0 bridgehead atoms. The van der Waals surface area contributed by atoms with Crippen LogP contribution in [0.15, 0.2) is 30.3 Å². The molecule has 1 aliphatic heterocycles. The smallest absolute Gasteiger partial charge is 0.426 e. The summed E-state index contributed by atoms with van der Waals surface area (Å²) >= 11 is 0. The lowest BCUT2D eigenvalue weighted by Gasteiger charge is -2.42. The molecule has 0 spiro atoms. The largest absolute Gasteiger partial charge is 0.467 e. The topological polar surface area (TPSA) is 75.7 Å². The number of carbonyl (C=O) groups excluding carboxylic acids is 3. The second-order valence-electron chi connectivity index (χ2n) is 6.62. The number of likely N-dealkylation sites (tertiary alicyclic amines) is 1. The summed E-state index contributed by atoms with van der Waals surface area (Å²) in [6.07, 6.45) is -4.94. The molecule has 2 atom stereocenters. The first kappa shape index (κ1) is 20.7. The Kier molecular flexibility index (Phi) is 5.82. The normalized spacial score (nSPS) is 17.7. The van der Waals surface area contributed by atoms with Crippen LogP contribution in [-0.4, -0.2) is 48.6 Å². The summed E-state index contributed by atoms with van der Waals surface area (Å²) in [6, 6.07) is 5.18. The summed E-state index contributed by atoms with van der Waals surface area (Å²) < 4.78 is 46.7. The molecule has 1 N–H and O–H groups in total. The van der Waals surface area contributed by atoms with Gasteiger partial charge in [-0.05, 0) is 11.5 Å². The third-order valence-electron chi connectivity index (χ3n) is 4.56. The first-order valence-corrected chi connectivity index (χ1v) is 8.38. The van der Waals surface area contributed by atoms with Gasteiger partial charge in [-0.2, -0.15) is 13.2 Å². The van der Waals surface area contributed by atoms with Crippen molar-refractivity contribution in [3.05, 3.63) is 35.9 Å². The van der Waals surface area contributed by atoms with E-state index in [4.69, 9.17) is 0 Å². The van der Waals surface area contributed by atoms with Crippen LogP contribution in [0, 0.1) is 5.92 Å². The molecule has 148 valence electrons. The molecule has 1 aromatic carbocycles. The van der Waals surface area contributed by atoms with Crippen LogP contribution in [0.3, 0.4) is 0 Å². The Morgan fingerprint density at radius 3 is 2.15 bits per heavy atom. The molecule has 27 heavy (non-hydrogen) atoms. The van der Waals surface area contributed by atoms with Gasteiger partial charge in [-0.1, -0.05) is 44.2 Å². The van der Waals surface area contributed by atoms with Crippen molar-refractivity contribution in [2.45, 2.75) is 38.0 Å². The van der Waals surface area contributed by atoms with E-state index in [2.05, 4.69) is 4.74 Å². The Balaban J connectivity index is 2.52. The van der Waals surface area contributed by atoms with Crippen LogP contribution in [0.25, 0.3) is 0 Å². The molecule has 1 saturated heterocycles. The molecule has 0 radical (unpaired) electrons. The lowest BCUT2D eigenvalue weighted by molar-refractivity contribution is -0.217. The number of carbonyl (C=O) groups is 3. The number of alkyl halides is 3. The number of nitrogens with zero attached hydrogens (tertiary/aromatic N) is 1. The summed E-state index contributed by atoms with van der Waals surface area (Å²) in [4.78, 5) is 38.0. The van der Waals surface area contributed by atoms with Crippen molar-refractivity contribution in [1.82, 2.24) is 10.2 Å². The van der Waals surface area contributed by atoms with Crippen molar-refractivity contribution >= 4 is 17.8 Å². The molecule has 2 amide bonds. The molecule has 1 aliphatic rings. The van der Waals surface area contributed by atoms with E-state index in [0.717, 1.165) is 19.2 Å². The third-order valence-corrected chi connectivity index (χ3v) is 4.56. The first-order chi connectivity index (χ1) is 12.6. The monoisotopic (exact) mass is 386 g/mol. The SMILES string of the molecule is COC(=O)C(NC(=O)C(C(C)C)N1CCC1=O)(c1ccccc1)C(F)(F)F. The average Bonchev–Trinajstić information content (AvgIpc) is 2.61. The van der Waals surface area contributed by atoms with E-state index in [1.54, 1.807) is 13.8 Å². The van der Waals surface area contributed by atoms with Gasteiger partial charge in [0.1, 0.15) is 6.04 Å². The van der Waals surface area contributed by atoms with Gasteiger partial charge >= 0.3 is 12.1 Å². The highest BCUT2D eigenvalue weighted by molar-refractivity contribution is 5.95. The van der Waals surface area contributed by atoms with Gasteiger partial charge in [0.25, 0.3) is 5.54 Å². The lowest BCUT2D eigenvalue weighted by Crippen LogP contribution is -2.66. The summed E-state index contributed by atoms with van der Waals surface area (Å²) in [5.74, 6) is -3.50. The fourth-order valence-electron chi connectivity index (χ4n) is 3.12. The Hall–Kier alpha value is -2.58. The van der Waals surface area contributed by atoms with Crippen molar-refractivity contribution in [3.8, 4) is 0 Å². The van der Waals surface area contributed by atoms with Crippen molar-refractivity contribution in [2.75, 3.05) is 13.7 Å². The Morgan fingerprint density at radius 1 is 1.19 bits per heavy atom. The maximum absolute atomic E-state index is 14.1. The number of ether oxygens (including phenoxy) is 1. The van der Waals surface area contributed by atoms with Gasteiger partial charge in [0.2, 0.25) is 11.8 Å². The minimum absolute atomic E-state index is 0.233. The zero-order chi connectivity index (χ0) is 20.4. The number of rotatable bonds is 6. The number of halogens is 3. The van der Waals surface area contributed by atoms with E-state index in [1.807, 2.05) is 5.32 Å². The van der Waals surface area contributed by atoms with Gasteiger partial charge in [0.15, 0.2) is 0 Å². The fourth-order valence-corrected chi connectivity index (χ4v) is 3.12. The van der Waals surface area contributed by atoms with Gasteiger partial charge in [-0.15, -0.1) is 0 Å². The van der Waals surface area contributed by atoms with Gasteiger partial charge in [0.05, 0.1) is 7.11 Å². The summed E-state index contributed by atoms with van der Waals surface area (Å²) in [5.41, 5.74) is -3.85. The number of esters is 1. The fraction of sp³-hybridized carbons (Fsp3) is 0.500. The van der Waals surface area contributed by atoms with Crippen LogP contribution in [0.1, 0.15) is 25.8 Å². The second-order valence-corrected chi connectivity index (χ2v) is 6.62. The van der Waals surface area contributed by atoms with E-state index in [0.29, 0.717) is 0 Å². The predicted molar refractivity (Wildman–Crippen MR) is 89.3 cm³/mol. The van der Waals surface area contributed by atoms with Gasteiger partial charge in [-0.25, -0.2) is 4.79 Å². The van der Waals surface area contributed by atoms with Crippen LogP contribution in [0.2, 0.25) is 0 Å². The number of nitrogens with one attached hydrogen (secondary N) is 1. The Labute approximate surface area is 154 Å². The first-order valence-electron chi connectivity index (χ1n) is 8.38. The summed E-state index contributed by atoms with van der Waals surface area (Å²) in [6.45, 7) is 3.51. The van der Waals surface area contributed by atoms with Gasteiger partial charge in [-0.3, -0.25) is 9.59 Å². The minimum Gasteiger partial charge on any atom is -0.467 e. The predicted octanol–water partition coefficient (Wildman–Crippen LogP) is 1.99. The molecule has 0 aliphatic carbocycles. The maximum Gasteiger partial charge on any atom is 0.426 e. The summed E-state index contributed by atoms with van der Waals surface area (Å²) in [5, 5.41) is 1.86. The second kappa shape index (κ2) is 7.58. The van der Waals surface area contributed by atoms with Gasteiger partial charge < -0.3 is 15.0 Å². The maximum atomic E-state index is 14.1.